The van der Waals surface area contributed by atoms with Crippen LogP contribution >= 0.6 is 0 Å². The molecule has 2 aromatic carbocycles. The lowest BCUT2D eigenvalue weighted by Crippen LogP contribution is -2.11. The molecule has 0 saturated heterocycles. The summed E-state index contributed by atoms with van der Waals surface area (Å²) in [5.41, 5.74) is 2.93. The van der Waals surface area contributed by atoms with E-state index in [1.54, 1.807) is 12.1 Å². The second-order valence-corrected chi connectivity index (χ2v) is 5.03. The molecule has 0 aromatic heterocycles. The maximum atomic E-state index is 12.3. The smallest absolute Gasteiger partial charge is 0.339 e. The predicted octanol–water partition coefficient (Wildman–Crippen LogP) is 4.78. The van der Waals surface area contributed by atoms with Gasteiger partial charge in [-0.1, -0.05) is 61.4 Å². The zero-order chi connectivity index (χ0) is 15.1. The molecule has 0 fully saturated rings. The number of para-hydroxylation sites is 1. The van der Waals surface area contributed by atoms with Crippen LogP contribution in [0.3, 0.4) is 0 Å². The monoisotopic (exact) mass is 280 g/mol. The van der Waals surface area contributed by atoms with Gasteiger partial charge in [0.25, 0.3) is 0 Å². The van der Waals surface area contributed by atoms with Crippen LogP contribution in [0.4, 0.5) is 0 Å². The highest BCUT2D eigenvalue weighted by molar-refractivity contribution is 5.95. The third kappa shape index (κ3) is 4.60. The molecule has 0 saturated carbocycles. The van der Waals surface area contributed by atoms with E-state index in [0.717, 1.165) is 12.0 Å². The standard InChI is InChI=1S/C19H20O2/c1-3-7-17(14-16-12-10-15(2)11-13-16)19(20)21-18-8-5-4-6-9-18/h4-6,8-14H,3,7H2,1-2H3. The molecular weight excluding hydrogens is 260 g/mol. The van der Waals surface area contributed by atoms with Crippen molar-refractivity contribution in [2.24, 2.45) is 0 Å². The molecule has 0 atom stereocenters. The largest absolute Gasteiger partial charge is 0.423 e. The molecule has 2 aromatic rings. The molecule has 21 heavy (non-hydrogen) atoms. The fourth-order valence-electron chi connectivity index (χ4n) is 2.03. The summed E-state index contributed by atoms with van der Waals surface area (Å²) in [4.78, 5) is 12.3. The van der Waals surface area contributed by atoms with Crippen molar-refractivity contribution >= 4 is 12.0 Å². The minimum Gasteiger partial charge on any atom is -0.423 e. The van der Waals surface area contributed by atoms with Crippen LogP contribution in [-0.2, 0) is 4.79 Å². The van der Waals surface area contributed by atoms with E-state index in [4.69, 9.17) is 4.74 Å². The summed E-state index contributed by atoms with van der Waals surface area (Å²) in [5.74, 6) is 0.303. The van der Waals surface area contributed by atoms with Gasteiger partial charge in [0.1, 0.15) is 5.75 Å². The molecule has 0 aliphatic rings. The number of hydrogen-bond acceptors (Lipinski definition) is 2. The highest BCUT2D eigenvalue weighted by Gasteiger charge is 2.11. The fourth-order valence-corrected chi connectivity index (χ4v) is 2.03. The first kappa shape index (κ1) is 15.0. The fraction of sp³-hybridized carbons (Fsp3) is 0.211. The lowest BCUT2D eigenvalue weighted by Gasteiger charge is -2.07. The molecule has 2 nitrogen and oxygen atoms in total. The minimum atomic E-state index is -0.274. The number of carbonyl (C=O) groups excluding carboxylic acids is 1. The Morgan fingerprint density at radius 3 is 2.33 bits per heavy atom. The number of aryl methyl sites for hydroxylation is 1. The van der Waals surface area contributed by atoms with Crippen LogP contribution < -0.4 is 4.74 Å². The van der Waals surface area contributed by atoms with Gasteiger partial charge in [0.15, 0.2) is 0 Å². The highest BCUT2D eigenvalue weighted by Crippen LogP contribution is 2.17. The van der Waals surface area contributed by atoms with Gasteiger partial charge < -0.3 is 4.74 Å². The van der Waals surface area contributed by atoms with Crippen molar-refractivity contribution in [3.8, 4) is 5.75 Å². The van der Waals surface area contributed by atoms with Crippen molar-refractivity contribution < 1.29 is 9.53 Å². The van der Waals surface area contributed by atoms with Crippen molar-refractivity contribution in [1.29, 1.82) is 0 Å². The molecule has 0 aliphatic carbocycles. The van der Waals surface area contributed by atoms with Gasteiger partial charge in [-0.25, -0.2) is 4.79 Å². The van der Waals surface area contributed by atoms with Gasteiger partial charge in [0.05, 0.1) is 0 Å². The van der Waals surface area contributed by atoms with Gasteiger partial charge in [-0.2, -0.15) is 0 Å². The third-order valence-electron chi connectivity index (χ3n) is 3.15. The maximum Gasteiger partial charge on any atom is 0.339 e. The average Bonchev–Trinajstić information content (AvgIpc) is 2.50. The van der Waals surface area contributed by atoms with E-state index in [1.165, 1.54) is 5.56 Å². The van der Waals surface area contributed by atoms with Crippen molar-refractivity contribution in [3.05, 3.63) is 71.3 Å². The number of rotatable bonds is 5. The van der Waals surface area contributed by atoms with Gasteiger partial charge in [0, 0.05) is 5.57 Å². The summed E-state index contributed by atoms with van der Waals surface area (Å²) in [5, 5.41) is 0. The van der Waals surface area contributed by atoms with Gasteiger partial charge >= 0.3 is 5.97 Å². The van der Waals surface area contributed by atoms with E-state index >= 15 is 0 Å². The molecule has 108 valence electrons. The lowest BCUT2D eigenvalue weighted by atomic mass is 10.1. The van der Waals surface area contributed by atoms with Gasteiger partial charge in [-0.05, 0) is 37.1 Å². The zero-order valence-corrected chi connectivity index (χ0v) is 12.5. The molecule has 2 rings (SSSR count). The van der Waals surface area contributed by atoms with Crippen LogP contribution in [0.1, 0.15) is 30.9 Å². The van der Waals surface area contributed by atoms with Crippen molar-refractivity contribution in [2.45, 2.75) is 26.7 Å². The molecule has 0 heterocycles. The normalized spacial score (nSPS) is 11.2. The molecular formula is C19H20O2. The van der Waals surface area contributed by atoms with Crippen LogP contribution in [0.2, 0.25) is 0 Å². The molecule has 0 spiro atoms. The maximum absolute atomic E-state index is 12.3. The summed E-state index contributed by atoms with van der Waals surface area (Å²) in [7, 11) is 0. The Bertz CT molecular complexity index is 610. The molecule has 0 radical (unpaired) electrons. The van der Waals surface area contributed by atoms with Gasteiger partial charge in [-0.15, -0.1) is 0 Å². The van der Waals surface area contributed by atoms with Crippen molar-refractivity contribution in [2.75, 3.05) is 0 Å². The Labute approximate surface area is 126 Å². The number of carbonyl (C=O) groups is 1. The Balaban J connectivity index is 2.17. The van der Waals surface area contributed by atoms with Crippen LogP contribution in [0, 0.1) is 6.92 Å². The highest BCUT2D eigenvalue weighted by atomic mass is 16.5. The Morgan fingerprint density at radius 2 is 1.71 bits per heavy atom. The van der Waals surface area contributed by atoms with E-state index in [-0.39, 0.29) is 5.97 Å². The SMILES string of the molecule is CCCC(=Cc1ccc(C)cc1)C(=O)Oc1ccccc1. The minimum absolute atomic E-state index is 0.274. The number of ether oxygens (including phenoxy) is 1. The van der Waals surface area contributed by atoms with Crippen LogP contribution in [0.15, 0.2) is 60.2 Å². The van der Waals surface area contributed by atoms with Crippen molar-refractivity contribution in [1.82, 2.24) is 0 Å². The second-order valence-electron chi connectivity index (χ2n) is 5.03. The average molecular weight is 280 g/mol. The van der Waals surface area contributed by atoms with Gasteiger partial charge in [-0.3, -0.25) is 0 Å². The molecule has 0 unspecified atom stereocenters. The summed E-state index contributed by atoms with van der Waals surface area (Å²) >= 11 is 0. The van der Waals surface area contributed by atoms with Crippen molar-refractivity contribution in [3.63, 3.8) is 0 Å². The summed E-state index contributed by atoms with van der Waals surface area (Å²) < 4.78 is 5.42. The first-order valence-corrected chi connectivity index (χ1v) is 7.23. The van der Waals surface area contributed by atoms with E-state index < -0.39 is 0 Å². The summed E-state index contributed by atoms with van der Waals surface area (Å²) in [6, 6.07) is 17.3. The Kier molecular flexibility index (Phi) is 5.33. The topological polar surface area (TPSA) is 26.3 Å². The number of benzene rings is 2. The quantitative estimate of drug-likeness (QED) is 0.447. The number of esters is 1. The van der Waals surface area contributed by atoms with Gasteiger partial charge in [0.2, 0.25) is 0 Å². The molecule has 0 aliphatic heterocycles. The zero-order valence-electron chi connectivity index (χ0n) is 12.5. The first-order chi connectivity index (χ1) is 10.2. The molecule has 0 N–H and O–H groups in total. The predicted molar refractivity (Wildman–Crippen MR) is 86.1 cm³/mol. The van der Waals surface area contributed by atoms with Crippen LogP contribution in [0.25, 0.3) is 6.08 Å². The molecule has 2 heteroatoms. The molecule has 0 amide bonds. The third-order valence-corrected chi connectivity index (χ3v) is 3.15. The van der Waals surface area contributed by atoms with Crippen LogP contribution in [0.5, 0.6) is 5.75 Å². The van der Waals surface area contributed by atoms with E-state index in [9.17, 15) is 4.79 Å². The first-order valence-electron chi connectivity index (χ1n) is 7.23. The van der Waals surface area contributed by atoms with E-state index in [1.807, 2.05) is 55.5 Å². The second kappa shape index (κ2) is 7.44. The molecule has 0 bridgehead atoms. The summed E-state index contributed by atoms with van der Waals surface area (Å²) in [6.45, 7) is 4.10. The lowest BCUT2D eigenvalue weighted by molar-refractivity contribution is -0.130. The number of hydrogen-bond donors (Lipinski definition) is 0. The Morgan fingerprint density at radius 1 is 1.05 bits per heavy atom. The van der Waals surface area contributed by atoms with E-state index in [2.05, 4.69) is 6.92 Å². The Hall–Kier alpha value is -2.35. The van der Waals surface area contributed by atoms with Crippen LogP contribution in [-0.4, -0.2) is 5.97 Å². The summed E-state index contributed by atoms with van der Waals surface area (Å²) in [6.07, 6.45) is 3.52. The van der Waals surface area contributed by atoms with E-state index in [0.29, 0.717) is 17.7 Å².